The highest BCUT2D eigenvalue weighted by atomic mass is 16.4. The first-order valence-electron chi connectivity index (χ1n) is 11.4. The molecular formula is C23H37N5O6. The maximum atomic E-state index is 12.8. The van der Waals surface area contributed by atoms with Crippen LogP contribution in [-0.2, 0) is 25.6 Å². The molecule has 0 radical (unpaired) electrons. The maximum Gasteiger partial charge on any atom is 0.326 e. The molecule has 0 aliphatic heterocycles. The number of benzene rings is 1. The van der Waals surface area contributed by atoms with Crippen LogP contribution in [0.15, 0.2) is 24.3 Å². The topological polar surface area (TPSA) is 197 Å². The molecule has 0 heterocycles. The minimum absolute atomic E-state index is 0.0590. The quantitative estimate of drug-likeness (QED) is 0.165. The Morgan fingerprint density at radius 3 is 2.21 bits per heavy atom. The highest BCUT2D eigenvalue weighted by molar-refractivity contribution is 5.92. The number of aromatic hydroxyl groups is 1. The lowest BCUT2D eigenvalue weighted by Crippen LogP contribution is -2.55. The summed E-state index contributed by atoms with van der Waals surface area (Å²) >= 11 is 0. The fourth-order valence-electron chi connectivity index (χ4n) is 3.14. The van der Waals surface area contributed by atoms with Gasteiger partial charge in [-0.2, -0.15) is 0 Å². The number of carboxylic acid groups (broad SMARTS) is 1. The van der Waals surface area contributed by atoms with E-state index in [1.54, 1.807) is 12.1 Å². The highest BCUT2D eigenvalue weighted by Gasteiger charge is 2.27. The number of carbonyl (C=O) groups excluding carboxylic acids is 3. The Labute approximate surface area is 199 Å². The maximum absolute atomic E-state index is 12.8. The molecule has 4 unspecified atom stereocenters. The number of amides is 3. The van der Waals surface area contributed by atoms with Crippen molar-refractivity contribution in [3.63, 3.8) is 0 Å². The van der Waals surface area contributed by atoms with Crippen molar-refractivity contribution < 1.29 is 29.4 Å². The molecule has 190 valence electrons. The molecule has 34 heavy (non-hydrogen) atoms. The number of hydrogen-bond acceptors (Lipinski definition) is 7. The minimum Gasteiger partial charge on any atom is -0.508 e. The number of unbranched alkanes of at least 4 members (excludes halogenated alkanes) is 1. The Morgan fingerprint density at radius 2 is 1.65 bits per heavy atom. The van der Waals surface area contributed by atoms with Gasteiger partial charge in [-0.05, 0) is 49.4 Å². The number of carbonyl (C=O) groups is 4. The number of nitrogens with one attached hydrogen (secondary N) is 3. The summed E-state index contributed by atoms with van der Waals surface area (Å²) in [6.45, 7) is 3.69. The number of nitrogens with two attached hydrogens (primary N) is 2. The van der Waals surface area contributed by atoms with E-state index in [1.807, 2.05) is 13.8 Å². The third-order valence-corrected chi connectivity index (χ3v) is 5.57. The van der Waals surface area contributed by atoms with Crippen molar-refractivity contribution in [1.29, 1.82) is 0 Å². The average Bonchev–Trinajstić information content (AvgIpc) is 2.81. The summed E-state index contributed by atoms with van der Waals surface area (Å²) in [5.74, 6) is -3.00. The third-order valence-electron chi connectivity index (χ3n) is 5.57. The number of phenolic OH excluding ortho intramolecular Hbond substituents is 1. The Kier molecular flexibility index (Phi) is 12.6. The fourth-order valence-corrected chi connectivity index (χ4v) is 3.14. The lowest BCUT2D eigenvalue weighted by Gasteiger charge is -2.23. The van der Waals surface area contributed by atoms with Crippen LogP contribution >= 0.6 is 0 Å². The van der Waals surface area contributed by atoms with Crippen LogP contribution in [0.25, 0.3) is 0 Å². The van der Waals surface area contributed by atoms with Crippen molar-refractivity contribution >= 4 is 23.7 Å². The van der Waals surface area contributed by atoms with Crippen LogP contribution in [0.4, 0.5) is 0 Å². The molecular weight excluding hydrogens is 442 g/mol. The molecule has 3 amide bonds. The highest BCUT2D eigenvalue weighted by Crippen LogP contribution is 2.12. The summed E-state index contributed by atoms with van der Waals surface area (Å²) in [4.78, 5) is 49.0. The van der Waals surface area contributed by atoms with Crippen LogP contribution in [0, 0.1) is 5.92 Å². The molecule has 0 bridgehead atoms. The van der Waals surface area contributed by atoms with E-state index >= 15 is 0 Å². The summed E-state index contributed by atoms with van der Waals surface area (Å²) < 4.78 is 0. The van der Waals surface area contributed by atoms with Gasteiger partial charge in [0, 0.05) is 6.42 Å². The second-order valence-corrected chi connectivity index (χ2v) is 8.30. The van der Waals surface area contributed by atoms with Crippen molar-refractivity contribution in [3.05, 3.63) is 29.8 Å². The molecule has 0 aliphatic rings. The van der Waals surface area contributed by atoms with Crippen molar-refractivity contribution in [1.82, 2.24) is 16.0 Å². The van der Waals surface area contributed by atoms with Crippen LogP contribution < -0.4 is 27.4 Å². The smallest absolute Gasteiger partial charge is 0.326 e. The molecule has 11 nitrogen and oxygen atoms in total. The van der Waals surface area contributed by atoms with E-state index in [4.69, 9.17) is 11.5 Å². The van der Waals surface area contributed by atoms with Gasteiger partial charge in [0.15, 0.2) is 0 Å². The van der Waals surface area contributed by atoms with Gasteiger partial charge in [0.1, 0.15) is 17.8 Å². The molecule has 9 N–H and O–H groups in total. The largest absolute Gasteiger partial charge is 0.508 e. The van der Waals surface area contributed by atoms with E-state index in [1.165, 1.54) is 12.1 Å². The zero-order chi connectivity index (χ0) is 25.7. The van der Waals surface area contributed by atoms with E-state index in [2.05, 4.69) is 16.0 Å². The molecule has 11 heteroatoms. The Balaban J connectivity index is 2.81. The van der Waals surface area contributed by atoms with Gasteiger partial charge >= 0.3 is 5.97 Å². The van der Waals surface area contributed by atoms with Crippen LogP contribution in [0.5, 0.6) is 5.75 Å². The van der Waals surface area contributed by atoms with E-state index in [0.717, 1.165) is 0 Å². The molecule has 1 rings (SSSR count). The van der Waals surface area contributed by atoms with Gasteiger partial charge in [0.2, 0.25) is 17.7 Å². The first-order valence-corrected chi connectivity index (χ1v) is 11.4. The third kappa shape index (κ3) is 10.2. The Hall–Kier alpha value is -3.18. The second kappa shape index (κ2) is 14.9. The number of carboxylic acids is 1. The van der Waals surface area contributed by atoms with E-state index < -0.39 is 48.4 Å². The number of rotatable bonds is 15. The molecule has 0 fully saturated rings. The molecule has 4 atom stereocenters. The van der Waals surface area contributed by atoms with Crippen LogP contribution in [0.1, 0.15) is 45.1 Å². The van der Waals surface area contributed by atoms with E-state index in [-0.39, 0.29) is 24.5 Å². The second-order valence-electron chi connectivity index (χ2n) is 8.30. The SMILES string of the molecule is CCC(C)C(N)C(=O)NC(Cc1ccc(O)cc1)C(=O)NCC(=O)NC(CCCCN)C(=O)O. The van der Waals surface area contributed by atoms with Crippen molar-refractivity contribution in [3.8, 4) is 5.75 Å². The molecule has 0 spiro atoms. The van der Waals surface area contributed by atoms with Crippen LogP contribution in [0.2, 0.25) is 0 Å². The number of hydrogen-bond donors (Lipinski definition) is 7. The molecule has 0 aliphatic carbocycles. The summed E-state index contributed by atoms with van der Waals surface area (Å²) in [6, 6.07) is 3.22. The monoisotopic (exact) mass is 479 g/mol. The predicted molar refractivity (Wildman–Crippen MR) is 127 cm³/mol. The van der Waals surface area contributed by atoms with Gasteiger partial charge in [-0.25, -0.2) is 4.79 Å². The minimum atomic E-state index is -1.17. The summed E-state index contributed by atoms with van der Waals surface area (Å²) in [5, 5.41) is 26.2. The first kappa shape index (κ1) is 28.9. The van der Waals surface area contributed by atoms with Crippen molar-refractivity contribution in [2.75, 3.05) is 13.1 Å². The lowest BCUT2D eigenvalue weighted by atomic mass is 9.98. The predicted octanol–water partition coefficient (Wildman–Crippen LogP) is -0.392. The zero-order valence-electron chi connectivity index (χ0n) is 19.8. The van der Waals surface area contributed by atoms with Crippen molar-refractivity contribution in [2.45, 2.75) is 64.1 Å². The van der Waals surface area contributed by atoms with Gasteiger partial charge in [-0.1, -0.05) is 32.4 Å². The Bertz CT molecular complexity index is 817. The van der Waals surface area contributed by atoms with Gasteiger partial charge < -0.3 is 37.6 Å². The van der Waals surface area contributed by atoms with Crippen LogP contribution in [0.3, 0.4) is 0 Å². The fraction of sp³-hybridized carbons (Fsp3) is 0.565. The first-order chi connectivity index (χ1) is 16.1. The molecule has 1 aromatic carbocycles. The Morgan fingerprint density at radius 1 is 1.00 bits per heavy atom. The van der Waals surface area contributed by atoms with Gasteiger partial charge in [0.05, 0.1) is 12.6 Å². The number of phenols is 1. The molecule has 0 saturated carbocycles. The van der Waals surface area contributed by atoms with Gasteiger partial charge in [-0.15, -0.1) is 0 Å². The van der Waals surface area contributed by atoms with Gasteiger partial charge in [-0.3, -0.25) is 14.4 Å². The summed E-state index contributed by atoms with van der Waals surface area (Å²) in [7, 11) is 0. The summed E-state index contributed by atoms with van der Waals surface area (Å²) in [5.41, 5.74) is 12.1. The number of aliphatic carboxylic acids is 1. The molecule has 0 saturated heterocycles. The summed E-state index contributed by atoms with van der Waals surface area (Å²) in [6.07, 6.45) is 2.17. The standard InChI is InChI=1S/C23H37N5O6/c1-3-14(2)20(25)22(32)28-18(12-15-7-9-16(29)10-8-15)21(31)26-13-19(30)27-17(23(33)34)6-4-5-11-24/h7-10,14,17-18,20,29H,3-6,11-13,24-25H2,1-2H3,(H,26,31)(H,27,30)(H,28,32)(H,33,34). The van der Waals surface area contributed by atoms with E-state index in [9.17, 15) is 29.4 Å². The van der Waals surface area contributed by atoms with Crippen molar-refractivity contribution in [2.24, 2.45) is 17.4 Å². The molecule has 0 aromatic heterocycles. The lowest BCUT2D eigenvalue weighted by molar-refractivity contribution is -0.142. The van der Waals surface area contributed by atoms with Gasteiger partial charge in [0.25, 0.3) is 0 Å². The normalized spacial score (nSPS) is 14.4. The average molecular weight is 480 g/mol. The van der Waals surface area contributed by atoms with Crippen LogP contribution in [-0.4, -0.2) is 65.1 Å². The molecule has 1 aromatic rings. The zero-order valence-corrected chi connectivity index (χ0v) is 19.8. The van der Waals surface area contributed by atoms with E-state index in [0.29, 0.717) is 31.4 Å².